The number of nitrogens with one attached hydrogen (secondary N) is 1. The zero-order valence-corrected chi connectivity index (χ0v) is 18.5. The van der Waals surface area contributed by atoms with E-state index in [1.807, 2.05) is 30.5 Å². The van der Waals surface area contributed by atoms with Crippen LogP contribution in [0.4, 0.5) is 0 Å². The Hall–Kier alpha value is -1.89. The Balaban J connectivity index is 1.18. The van der Waals surface area contributed by atoms with Crippen LogP contribution in [0.25, 0.3) is 0 Å². The highest BCUT2D eigenvalue weighted by Crippen LogP contribution is 2.38. The first-order valence-corrected chi connectivity index (χ1v) is 12.1. The van der Waals surface area contributed by atoms with E-state index in [0.717, 1.165) is 56.6 Å². The standard InChI is InChI=1S/C24H31N3O2S/c1-30-22-7-5-19(6-8-22)16-23(28)26-17-21-9-10-24(29-21)11-14-27(15-12-24)18-20-4-2-3-13-25-20/h2-8,13,21H,9-12,14-18H2,1H3,(H,26,28). The van der Waals surface area contributed by atoms with Crippen LogP contribution >= 0.6 is 11.8 Å². The average molecular weight is 426 g/mol. The second-order valence-corrected chi connectivity index (χ2v) is 9.27. The maximum absolute atomic E-state index is 12.3. The number of carbonyl (C=O) groups excluding carboxylic acids is 1. The fraction of sp³-hybridized carbons (Fsp3) is 0.500. The lowest BCUT2D eigenvalue weighted by Crippen LogP contribution is -2.45. The Labute approximate surface area is 183 Å². The van der Waals surface area contributed by atoms with E-state index in [0.29, 0.717) is 13.0 Å². The van der Waals surface area contributed by atoms with Crippen LogP contribution in [0.1, 0.15) is 36.9 Å². The molecular weight excluding hydrogens is 394 g/mol. The molecule has 5 nitrogen and oxygen atoms in total. The van der Waals surface area contributed by atoms with Crippen molar-refractivity contribution >= 4 is 17.7 Å². The van der Waals surface area contributed by atoms with Gasteiger partial charge in [0.05, 0.1) is 23.8 Å². The van der Waals surface area contributed by atoms with Crippen LogP contribution < -0.4 is 5.32 Å². The van der Waals surface area contributed by atoms with E-state index in [9.17, 15) is 4.79 Å². The van der Waals surface area contributed by atoms with Gasteiger partial charge in [-0.05, 0) is 61.8 Å². The van der Waals surface area contributed by atoms with Crippen molar-refractivity contribution in [2.45, 2.75) is 55.2 Å². The lowest BCUT2D eigenvalue weighted by molar-refractivity contribution is -0.122. The van der Waals surface area contributed by atoms with Crippen molar-refractivity contribution < 1.29 is 9.53 Å². The summed E-state index contributed by atoms with van der Waals surface area (Å²) >= 11 is 1.71. The molecule has 0 bridgehead atoms. The highest BCUT2D eigenvalue weighted by molar-refractivity contribution is 7.98. The number of thioether (sulfide) groups is 1. The van der Waals surface area contributed by atoms with Crippen molar-refractivity contribution in [2.75, 3.05) is 25.9 Å². The molecule has 1 aromatic heterocycles. The predicted molar refractivity (Wildman–Crippen MR) is 121 cm³/mol. The number of likely N-dealkylation sites (tertiary alicyclic amines) is 1. The summed E-state index contributed by atoms with van der Waals surface area (Å²) in [6, 6.07) is 14.3. The number of carbonyl (C=O) groups is 1. The third kappa shape index (κ3) is 5.62. The molecule has 0 saturated carbocycles. The molecule has 2 aliphatic heterocycles. The molecule has 1 atom stereocenters. The van der Waals surface area contributed by atoms with E-state index >= 15 is 0 Å². The molecule has 160 valence electrons. The maximum atomic E-state index is 12.3. The first-order valence-electron chi connectivity index (χ1n) is 10.8. The first kappa shape index (κ1) is 21.3. The van der Waals surface area contributed by atoms with Crippen LogP contribution in [0.3, 0.4) is 0 Å². The predicted octanol–water partition coefficient (Wildman–Crippen LogP) is 3.68. The molecule has 4 rings (SSSR count). The van der Waals surface area contributed by atoms with Gasteiger partial charge in [0.1, 0.15) is 0 Å². The van der Waals surface area contributed by atoms with Gasteiger partial charge in [0.2, 0.25) is 5.91 Å². The van der Waals surface area contributed by atoms with Crippen LogP contribution in [0.15, 0.2) is 53.6 Å². The summed E-state index contributed by atoms with van der Waals surface area (Å²) in [7, 11) is 0. The summed E-state index contributed by atoms with van der Waals surface area (Å²) in [4.78, 5) is 20.4. The second-order valence-electron chi connectivity index (χ2n) is 8.39. The van der Waals surface area contributed by atoms with Crippen LogP contribution in [0.2, 0.25) is 0 Å². The number of benzene rings is 1. The van der Waals surface area contributed by atoms with Crippen LogP contribution in [-0.4, -0.2) is 53.4 Å². The molecule has 1 spiro atoms. The molecule has 0 radical (unpaired) electrons. The van der Waals surface area contributed by atoms with Gasteiger partial charge < -0.3 is 10.1 Å². The van der Waals surface area contributed by atoms with Gasteiger partial charge in [-0.15, -0.1) is 11.8 Å². The minimum absolute atomic E-state index is 0.00363. The first-order chi connectivity index (χ1) is 14.6. The van der Waals surface area contributed by atoms with Crippen LogP contribution in [-0.2, 0) is 22.5 Å². The molecule has 2 fully saturated rings. The number of aromatic nitrogens is 1. The van der Waals surface area contributed by atoms with E-state index in [4.69, 9.17) is 4.74 Å². The van der Waals surface area contributed by atoms with E-state index in [-0.39, 0.29) is 17.6 Å². The van der Waals surface area contributed by atoms with Gasteiger partial charge in [0.15, 0.2) is 0 Å². The third-order valence-electron chi connectivity index (χ3n) is 6.27. The third-order valence-corrected chi connectivity index (χ3v) is 7.01. The summed E-state index contributed by atoms with van der Waals surface area (Å²) < 4.78 is 6.46. The zero-order chi connectivity index (χ0) is 20.8. The molecular formula is C24H31N3O2S. The van der Waals surface area contributed by atoms with Gasteiger partial charge in [-0.3, -0.25) is 14.7 Å². The number of hydrogen-bond acceptors (Lipinski definition) is 5. The van der Waals surface area contributed by atoms with Gasteiger partial charge in [-0.25, -0.2) is 0 Å². The molecule has 6 heteroatoms. The van der Waals surface area contributed by atoms with E-state index in [1.165, 1.54) is 4.90 Å². The average Bonchev–Trinajstić information content (AvgIpc) is 3.18. The molecule has 1 unspecified atom stereocenters. The molecule has 2 saturated heterocycles. The van der Waals surface area contributed by atoms with Gasteiger partial charge in [0, 0.05) is 37.3 Å². The van der Waals surface area contributed by atoms with Gasteiger partial charge in [-0.2, -0.15) is 0 Å². The molecule has 30 heavy (non-hydrogen) atoms. The maximum Gasteiger partial charge on any atom is 0.224 e. The summed E-state index contributed by atoms with van der Waals surface area (Å²) in [5.41, 5.74) is 2.18. The molecule has 3 heterocycles. The second kappa shape index (κ2) is 9.94. The minimum atomic E-state index is 0.00363. The summed E-state index contributed by atoms with van der Waals surface area (Å²) in [5, 5.41) is 3.08. The number of hydrogen-bond donors (Lipinski definition) is 1. The molecule has 1 aromatic carbocycles. The molecule has 0 aliphatic carbocycles. The normalized spacial score (nSPS) is 21.0. The number of pyridine rings is 1. The lowest BCUT2D eigenvalue weighted by atomic mass is 9.88. The van der Waals surface area contributed by atoms with Crippen molar-refractivity contribution in [3.8, 4) is 0 Å². The largest absolute Gasteiger partial charge is 0.370 e. The monoisotopic (exact) mass is 425 g/mol. The quantitative estimate of drug-likeness (QED) is 0.686. The highest BCUT2D eigenvalue weighted by Gasteiger charge is 2.42. The van der Waals surface area contributed by atoms with Crippen molar-refractivity contribution in [2.24, 2.45) is 0 Å². The van der Waals surface area contributed by atoms with E-state index < -0.39 is 0 Å². The SMILES string of the molecule is CSc1ccc(CC(=O)NCC2CCC3(CCN(Cc4ccccn4)CC3)O2)cc1. The number of rotatable bonds is 7. The highest BCUT2D eigenvalue weighted by atomic mass is 32.2. The summed E-state index contributed by atoms with van der Waals surface area (Å²) in [5.74, 6) is 0.0710. The summed E-state index contributed by atoms with van der Waals surface area (Å²) in [6.07, 6.45) is 8.73. The Morgan fingerprint density at radius 1 is 1.20 bits per heavy atom. The minimum Gasteiger partial charge on any atom is -0.370 e. The number of piperidine rings is 1. The number of nitrogens with zero attached hydrogens (tertiary/aromatic N) is 2. The zero-order valence-electron chi connectivity index (χ0n) is 17.7. The van der Waals surface area contributed by atoms with E-state index in [2.05, 4.69) is 39.7 Å². The van der Waals surface area contributed by atoms with Crippen molar-refractivity contribution in [3.05, 3.63) is 59.9 Å². The molecule has 1 amide bonds. The van der Waals surface area contributed by atoms with Crippen LogP contribution in [0, 0.1) is 0 Å². The number of amides is 1. The van der Waals surface area contributed by atoms with Crippen molar-refractivity contribution in [3.63, 3.8) is 0 Å². The van der Waals surface area contributed by atoms with Gasteiger partial charge in [-0.1, -0.05) is 18.2 Å². The fourth-order valence-electron chi connectivity index (χ4n) is 4.47. The lowest BCUT2D eigenvalue weighted by Gasteiger charge is -2.39. The fourth-order valence-corrected chi connectivity index (χ4v) is 4.87. The Bertz CT molecular complexity index is 820. The van der Waals surface area contributed by atoms with Crippen molar-refractivity contribution in [1.82, 2.24) is 15.2 Å². The smallest absolute Gasteiger partial charge is 0.224 e. The Morgan fingerprint density at radius 3 is 2.70 bits per heavy atom. The van der Waals surface area contributed by atoms with Crippen molar-refractivity contribution in [1.29, 1.82) is 0 Å². The molecule has 2 aliphatic rings. The topological polar surface area (TPSA) is 54.5 Å². The van der Waals surface area contributed by atoms with E-state index in [1.54, 1.807) is 11.8 Å². The Kier molecular flexibility index (Phi) is 7.08. The summed E-state index contributed by atoms with van der Waals surface area (Å²) in [6.45, 7) is 3.61. The molecule has 1 N–H and O–H groups in total. The number of ether oxygens (including phenoxy) is 1. The van der Waals surface area contributed by atoms with Gasteiger partial charge >= 0.3 is 0 Å². The Morgan fingerprint density at radius 2 is 2.00 bits per heavy atom. The molecule has 2 aromatic rings. The van der Waals surface area contributed by atoms with Crippen LogP contribution in [0.5, 0.6) is 0 Å². The van der Waals surface area contributed by atoms with Gasteiger partial charge in [0.25, 0.3) is 0 Å².